The van der Waals surface area contributed by atoms with Crippen LogP contribution in [-0.4, -0.2) is 36.1 Å². The highest BCUT2D eigenvalue weighted by atomic mass is 16.4. The first-order valence-corrected chi connectivity index (χ1v) is 10.2. The molecule has 0 spiro atoms. The van der Waals surface area contributed by atoms with Crippen LogP contribution in [-0.2, 0) is 13.0 Å². The van der Waals surface area contributed by atoms with E-state index in [1.165, 1.54) is 0 Å². The van der Waals surface area contributed by atoms with Crippen LogP contribution in [0.15, 0.2) is 22.9 Å². The van der Waals surface area contributed by atoms with Crippen LogP contribution < -0.4 is 5.73 Å². The minimum absolute atomic E-state index is 0.0887. The zero-order chi connectivity index (χ0) is 21.8. The maximum Gasteiger partial charge on any atom is 0.249 e. The van der Waals surface area contributed by atoms with Crippen LogP contribution in [0.25, 0.3) is 0 Å². The topological polar surface area (TPSA) is 126 Å². The molecule has 0 bridgehead atoms. The van der Waals surface area contributed by atoms with Crippen molar-refractivity contribution in [3.8, 4) is 0 Å². The van der Waals surface area contributed by atoms with Crippen molar-refractivity contribution >= 4 is 5.91 Å². The van der Waals surface area contributed by atoms with Gasteiger partial charge >= 0.3 is 0 Å². The summed E-state index contributed by atoms with van der Waals surface area (Å²) in [6.07, 6.45) is 4.95. The molecule has 0 aliphatic heterocycles. The first-order valence-electron chi connectivity index (χ1n) is 10.2. The standard InChI is InChI=1S/C21H29N7O2/c1-12(2)18-9-17(20(22)29)16(10-23-18)8-14(4)19-11-24-27-28(19)7-6-13(3)21-26-25-15(5)30-21/h9-14H,6-8H2,1-5H3,(H2,22,29). The number of pyridine rings is 1. The Balaban J connectivity index is 1.72. The number of primary amides is 1. The van der Waals surface area contributed by atoms with E-state index < -0.39 is 5.91 Å². The first-order chi connectivity index (χ1) is 14.3. The number of rotatable bonds is 9. The lowest BCUT2D eigenvalue weighted by Crippen LogP contribution is -2.17. The van der Waals surface area contributed by atoms with Crippen LogP contribution in [0, 0.1) is 6.92 Å². The summed E-state index contributed by atoms with van der Waals surface area (Å²) in [4.78, 5) is 16.5. The van der Waals surface area contributed by atoms with E-state index in [0.717, 1.165) is 23.4 Å². The van der Waals surface area contributed by atoms with Gasteiger partial charge in [-0.1, -0.05) is 32.9 Å². The molecular formula is C21H29N7O2. The number of aryl methyl sites for hydroxylation is 2. The van der Waals surface area contributed by atoms with Gasteiger partial charge in [0, 0.05) is 42.8 Å². The zero-order valence-corrected chi connectivity index (χ0v) is 18.2. The van der Waals surface area contributed by atoms with E-state index in [1.54, 1.807) is 25.4 Å². The predicted octanol–water partition coefficient (Wildman–Crippen LogP) is 3.13. The third-order valence-corrected chi connectivity index (χ3v) is 5.28. The molecule has 1 amide bonds. The van der Waals surface area contributed by atoms with Crippen molar-refractivity contribution in [3.63, 3.8) is 0 Å². The van der Waals surface area contributed by atoms with Crippen LogP contribution >= 0.6 is 0 Å². The molecule has 160 valence electrons. The molecule has 3 rings (SSSR count). The molecule has 2 N–H and O–H groups in total. The van der Waals surface area contributed by atoms with Gasteiger partial charge in [-0.05, 0) is 30.4 Å². The minimum Gasteiger partial charge on any atom is -0.425 e. The van der Waals surface area contributed by atoms with E-state index in [2.05, 4.69) is 32.4 Å². The second-order valence-corrected chi connectivity index (χ2v) is 8.12. The summed E-state index contributed by atoms with van der Waals surface area (Å²) in [5, 5.41) is 16.3. The fourth-order valence-corrected chi connectivity index (χ4v) is 3.41. The van der Waals surface area contributed by atoms with E-state index >= 15 is 0 Å². The molecule has 0 aromatic carbocycles. The molecule has 0 aliphatic rings. The molecule has 0 radical (unpaired) electrons. The summed E-state index contributed by atoms with van der Waals surface area (Å²) in [5.74, 6) is 1.19. The number of nitrogens with two attached hydrogens (primary N) is 1. The SMILES string of the molecule is Cc1nnc(C(C)CCn2nncc2C(C)Cc2cnc(C(C)C)cc2C(N)=O)o1. The number of hydrogen-bond donors (Lipinski definition) is 1. The van der Waals surface area contributed by atoms with Crippen molar-refractivity contribution in [3.05, 3.63) is 52.8 Å². The smallest absolute Gasteiger partial charge is 0.249 e. The molecule has 0 saturated heterocycles. The van der Waals surface area contributed by atoms with Crippen molar-refractivity contribution in [1.29, 1.82) is 0 Å². The number of carbonyl (C=O) groups is 1. The van der Waals surface area contributed by atoms with Gasteiger partial charge in [-0.2, -0.15) is 0 Å². The van der Waals surface area contributed by atoms with Crippen molar-refractivity contribution in [2.45, 2.75) is 71.8 Å². The summed E-state index contributed by atoms with van der Waals surface area (Å²) in [6.45, 7) is 10.7. The van der Waals surface area contributed by atoms with E-state index in [9.17, 15) is 4.79 Å². The van der Waals surface area contributed by atoms with Gasteiger partial charge in [0.1, 0.15) is 0 Å². The Labute approximate surface area is 176 Å². The van der Waals surface area contributed by atoms with Crippen molar-refractivity contribution in [1.82, 2.24) is 30.2 Å². The summed E-state index contributed by atoms with van der Waals surface area (Å²) in [6, 6.07) is 1.80. The molecule has 3 aromatic rings. The van der Waals surface area contributed by atoms with Crippen LogP contribution in [0.5, 0.6) is 0 Å². The van der Waals surface area contributed by atoms with Gasteiger partial charge in [-0.15, -0.1) is 15.3 Å². The highest BCUT2D eigenvalue weighted by Gasteiger charge is 2.19. The van der Waals surface area contributed by atoms with Crippen molar-refractivity contribution < 1.29 is 9.21 Å². The summed E-state index contributed by atoms with van der Waals surface area (Å²) >= 11 is 0. The molecule has 3 aromatic heterocycles. The van der Waals surface area contributed by atoms with Gasteiger partial charge < -0.3 is 10.2 Å². The maximum atomic E-state index is 12.0. The Morgan fingerprint density at radius 1 is 1.17 bits per heavy atom. The molecule has 0 aliphatic carbocycles. The lowest BCUT2D eigenvalue weighted by atomic mass is 9.94. The Kier molecular flexibility index (Phi) is 6.59. The lowest BCUT2D eigenvalue weighted by Gasteiger charge is -2.16. The Morgan fingerprint density at radius 3 is 2.57 bits per heavy atom. The fourth-order valence-electron chi connectivity index (χ4n) is 3.41. The predicted molar refractivity (Wildman–Crippen MR) is 111 cm³/mol. The minimum atomic E-state index is -0.434. The molecule has 30 heavy (non-hydrogen) atoms. The largest absolute Gasteiger partial charge is 0.425 e. The summed E-state index contributed by atoms with van der Waals surface area (Å²) in [5.41, 5.74) is 8.84. The fraction of sp³-hybridized carbons (Fsp3) is 0.524. The van der Waals surface area contributed by atoms with Gasteiger partial charge in [0.2, 0.25) is 17.7 Å². The number of carbonyl (C=O) groups excluding carboxylic acids is 1. The molecular weight excluding hydrogens is 382 g/mol. The van der Waals surface area contributed by atoms with Crippen LogP contribution in [0.1, 0.15) is 91.0 Å². The van der Waals surface area contributed by atoms with Gasteiger partial charge in [-0.3, -0.25) is 9.78 Å². The molecule has 2 atom stereocenters. The van der Waals surface area contributed by atoms with E-state index in [4.69, 9.17) is 10.2 Å². The van der Waals surface area contributed by atoms with Crippen molar-refractivity contribution in [2.75, 3.05) is 0 Å². The Hall–Kier alpha value is -3.10. The second kappa shape index (κ2) is 9.15. The number of nitrogens with zero attached hydrogens (tertiary/aromatic N) is 6. The first kappa shape index (κ1) is 21.6. The summed E-state index contributed by atoms with van der Waals surface area (Å²) in [7, 11) is 0. The van der Waals surface area contributed by atoms with Gasteiger partial charge in [-0.25, -0.2) is 4.68 Å². The Morgan fingerprint density at radius 2 is 1.93 bits per heavy atom. The average molecular weight is 412 g/mol. The highest BCUT2D eigenvalue weighted by molar-refractivity contribution is 5.94. The Bertz CT molecular complexity index is 1010. The highest BCUT2D eigenvalue weighted by Crippen LogP contribution is 2.25. The lowest BCUT2D eigenvalue weighted by molar-refractivity contribution is 0.0999. The molecule has 2 unspecified atom stereocenters. The molecule has 0 fully saturated rings. The molecule has 9 nitrogen and oxygen atoms in total. The third-order valence-electron chi connectivity index (χ3n) is 5.28. The van der Waals surface area contributed by atoms with Crippen LogP contribution in [0.3, 0.4) is 0 Å². The van der Waals surface area contributed by atoms with Crippen LogP contribution in [0.4, 0.5) is 0 Å². The van der Waals surface area contributed by atoms with Crippen molar-refractivity contribution in [2.24, 2.45) is 5.73 Å². The quantitative estimate of drug-likeness (QED) is 0.573. The van der Waals surface area contributed by atoms with E-state index in [0.29, 0.717) is 30.3 Å². The van der Waals surface area contributed by atoms with E-state index in [-0.39, 0.29) is 17.8 Å². The third kappa shape index (κ3) is 4.90. The second-order valence-electron chi connectivity index (χ2n) is 8.12. The average Bonchev–Trinajstić information content (AvgIpc) is 3.35. The molecule has 3 heterocycles. The molecule has 9 heteroatoms. The number of hydrogen-bond acceptors (Lipinski definition) is 7. The maximum absolute atomic E-state index is 12.0. The number of amides is 1. The normalized spacial score (nSPS) is 13.5. The monoisotopic (exact) mass is 411 g/mol. The van der Waals surface area contributed by atoms with Gasteiger partial charge in [0.25, 0.3) is 0 Å². The van der Waals surface area contributed by atoms with E-state index in [1.807, 2.05) is 25.5 Å². The van der Waals surface area contributed by atoms with Crippen LogP contribution in [0.2, 0.25) is 0 Å². The summed E-state index contributed by atoms with van der Waals surface area (Å²) < 4.78 is 7.41. The zero-order valence-electron chi connectivity index (χ0n) is 18.2. The van der Waals surface area contributed by atoms with Gasteiger partial charge in [0.15, 0.2) is 0 Å². The van der Waals surface area contributed by atoms with Gasteiger partial charge in [0.05, 0.1) is 11.9 Å². The number of aromatic nitrogens is 6. The molecule has 0 saturated carbocycles.